The molecule has 354 valence electrons. The van der Waals surface area contributed by atoms with Gasteiger partial charge in [-0.15, -0.1) is 0 Å². The van der Waals surface area contributed by atoms with Gasteiger partial charge in [-0.2, -0.15) is 0 Å². The molecule has 0 amide bonds. The molecule has 0 aromatic heterocycles. The molecule has 0 saturated carbocycles. The Bertz CT molecular complexity index is 1220. The molecule has 0 saturated heterocycles. The molecule has 0 aliphatic carbocycles. The monoisotopic (exact) mass is 863 g/mol. The third-order valence-corrected chi connectivity index (χ3v) is 10.7. The summed E-state index contributed by atoms with van der Waals surface area (Å²) < 4.78 is 16.8. The minimum atomic E-state index is -0.789. The second-order valence-electron chi connectivity index (χ2n) is 16.8. The van der Waals surface area contributed by atoms with Crippen LogP contribution in [-0.4, -0.2) is 37.2 Å². The normalized spacial score (nSPS) is 12.8. The van der Waals surface area contributed by atoms with E-state index >= 15 is 0 Å². The molecule has 1 unspecified atom stereocenters. The Labute approximate surface area is 382 Å². The highest BCUT2D eigenvalue weighted by Crippen LogP contribution is 2.15. The second-order valence-corrected chi connectivity index (χ2v) is 16.8. The van der Waals surface area contributed by atoms with Crippen molar-refractivity contribution in [3.8, 4) is 0 Å². The van der Waals surface area contributed by atoms with Crippen molar-refractivity contribution in [2.24, 2.45) is 0 Å². The van der Waals surface area contributed by atoms with Crippen molar-refractivity contribution in [3.05, 3.63) is 85.1 Å². The quantitative estimate of drug-likeness (QED) is 0.0199. The third kappa shape index (κ3) is 47.6. The molecule has 0 heterocycles. The molecular weight excluding hydrogens is 769 g/mol. The van der Waals surface area contributed by atoms with Gasteiger partial charge in [0.2, 0.25) is 0 Å². The standard InChI is InChI=1S/C56H94O6/c1-4-7-10-13-16-19-22-24-26-27-28-29-31-32-34-37-40-43-46-49-55(58)61-52-53(51-60-54(57)48-45-42-39-36-21-18-15-12-9-6-3)62-56(59)50-47-44-41-38-35-33-30-25-23-20-17-14-11-8-5-2/h7-8,10-11,14,16-17,19-20,23-26,30,53H,4-6,9,12-13,15,18,21-22,27-29,31-52H2,1-3H3/b10-7-,11-8-,17-14-,19-16-,23-20-,26-24-,30-25-. The van der Waals surface area contributed by atoms with Crippen molar-refractivity contribution in [1.82, 2.24) is 0 Å². The minimum absolute atomic E-state index is 0.0871. The van der Waals surface area contributed by atoms with Crippen LogP contribution in [0.25, 0.3) is 0 Å². The Morgan fingerprint density at radius 3 is 1.18 bits per heavy atom. The van der Waals surface area contributed by atoms with Crippen molar-refractivity contribution >= 4 is 17.9 Å². The highest BCUT2D eigenvalue weighted by Gasteiger charge is 2.19. The number of unbranched alkanes of at least 4 members (excludes halogenated alkanes) is 23. The Balaban J connectivity index is 4.37. The van der Waals surface area contributed by atoms with E-state index in [0.29, 0.717) is 19.3 Å². The second kappa shape index (κ2) is 50.2. The van der Waals surface area contributed by atoms with Crippen molar-refractivity contribution in [3.63, 3.8) is 0 Å². The van der Waals surface area contributed by atoms with Crippen LogP contribution in [0.5, 0.6) is 0 Å². The van der Waals surface area contributed by atoms with E-state index in [1.807, 2.05) is 18.2 Å². The van der Waals surface area contributed by atoms with E-state index in [1.54, 1.807) is 0 Å². The van der Waals surface area contributed by atoms with Gasteiger partial charge in [0.25, 0.3) is 0 Å². The lowest BCUT2D eigenvalue weighted by Gasteiger charge is -2.18. The van der Waals surface area contributed by atoms with Crippen LogP contribution in [0.15, 0.2) is 85.1 Å². The maximum atomic E-state index is 12.8. The summed E-state index contributed by atoms with van der Waals surface area (Å²) in [6, 6.07) is 0. The lowest BCUT2D eigenvalue weighted by molar-refractivity contribution is -0.167. The van der Waals surface area contributed by atoms with E-state index in [-0.39, 0.29) is 31.1 Å². The van der Waals surface area contributed by atoms with Gasteiger partial charge in [-0.05, 0) is 70.6 Å². The lowest BCUT2D eigenvalue weighted by Crippen LogP contribution is -2.30. The number of rotatable bonds is 45. The van der Waals surface area contributed by atoms with Crippen molar-refractivity contribution in [1.29, 1.82) is 0 Å². The van der Waals surface area contributed by atoms with Gasteiger partial charge in [-0.1, -0.05) is 228 Å². The van der Waals surface area contributed by atoms with E-state index in [9.17, 15) is 14.4 Å². The summed E-state index contributed by atoms with van der Waals surface area (Å²) in [6.45, 7) is 6.35. The first kappa shape index (κ1) is 58.6. The SMILES string of the molecule is CC\C=C/C=C\C=C/C=C\CCCCCCCC(=O)OC(COC(=O)CCCCCCCCCCCC)COC(=O)CCCCCCCCCCC/C=C\C/C=C\C/C=C\CC. The highest BCUT2D eigenvalue weighted by atomic mass is 16.6. The van der Waals surface area contributed by atoms with Gasteiger partial charge in [0.05, 0.1) is 0 Å². The largest absolute Gasteiger partial charge is 0.462 e. The van der Waals surface area contributed by atoms with Gasteiger partial charge < -0.3 is 14.2 Å². The van der Waals surface area contributed by atoms with E-state index in [2.05, 4.69) is 87.6 Å². The van der Waals surface area contributed by atoms with Crippen LogP contribution in [0.1, 0.15) is 233 Å². The molecule has 0 rings (SSSR count). The smallest absolute Gasteiger partial charge is 0.306 e. The van der Waals surface area contributed by atoms with Crippen LogP contribution in [0.2, 0.25) is 0 Å². The summed E-state index contributed by atoms with van der Waals surface area (Å²) in [4.78, 5) is 37.9. The number of allylic oxidation sites excluding steroid dienone is 14. The molecule has 62 heavy (non-hydrogen) atoms. The molecule has 1 atom stereocenters. The van der Waals surface area contributed by atoms with Crippen molar-refractivity contribution in [2.75, 3.05) is 13.2 Å². The predicted octanol–water partition coefficient (Wildman–Crippen LogP) is 16.8. The van der Waals surface area contributed by atoms with Crippen LogP contribution < -0.4 is 0 Å². The molecule has 0 bridgehead atoms. The van der Waals surface area contributed by atoms with Crippen LogP contribution in [0.4, 0.5) is 0 Å². The van der Waals surface area contributed by atoms with Crippen LogP contribution in [0.3, 0.4) is 0 Å². The first-order valence-electron chi connectivity index (χ1n) is 25.6. The fraction of sp³-hybridized carbons (Fsp3) is 0.696. The Morgan fingerprint density at radius 2 is 0.710 bits per heavy atom. The van der Waals surface area contributed by atoms with E-state index < -0.39 is 6.10 Å². The molecular formula is C56H94O6. The maximum Gasteiger partial charge on any atom is 0.306 e. The number of ether oxygens (including phenoxy) is 3. The van der Waals surface area contributed by atoms with Gasteiger partial charge in [0.1, 0.15) is 13.2 Å². The molecule has 0 aromatic rings. The number of carbonyl (C=O) groups is 3. The molecule has 0 radical (unpaired) electrons. The van der Waals surface area contributed by atoms with E-state index in [4.69, 9.17) is 14.2 Å². The van der Waals surface area contributed by atoms with Crippen LogP contribution >= 0.6 is 0 Å². The Morgan fingerprint density at radius 1 is 0.355 bits per heavy atom. The minimum Gasteiger partial charge on any atom is -0.462 e. The van der Waals surface area contributed by atoms with E-state index in [0.717, 1.165) is 103 Å². The fourth-order valence-corrected chi connectivity index (χ4v) is 6.94. The van der Waals surface area contributed by atoms with Crippen LogP contribution in [0, 0.1) is 0 Å². The molecule has 0 N–H and O–H groups in total. The molecule has 6 heteroatoms. The lowest BCUT2D eigenvalue weighted by atomic mass is 10.1. The van der Waals surface area contributed by atoms with Crippen LogP contribution in [-0.2, 0) is 28.6 Å². The van der Waals surface area contributed by atoms with Gasteiger partial charge >= 0.3 is 17.9 Å². The average Bonchev–Trinajstić information content (AvgIpc) is 3.27. The van der Waals surface area contributed by atoms with Gasteiger partial charge in [0, 0.05) is 19.3 Å². The molecule has 6 nitrogen and oxygen atoms in total. The molecule has 0 fully saturated rings. The first-order valence-corrected chi connectivity index (χ1v) is 25.6. The van der Waals surface area contributed by atoms with Gasteiger partial charge in [-0.25, -0.2) is 0 Å². The number of esters is 3. The summed E-state index contributed by atoms with van der Waals surface area (Å²) in [5.74, 6) is -0.918. The summed E-state index contributed by atoms with van der Waals surface area (Å²) in [6.07, 6.45) is 64.2. The Kier molecular flexibility index (Phi) is 47.5. The zero-order valence-electron chi connectivity index (χ0n) is 40.4. The molecule has 0 aliphatic heterocycles. The maximum absolute atomic E-state index is 12.8. The fourth-order valence-electron chi connectivity index (χ4n) is 6.94. The number of hydrogen-bond acceptors (Lipinski definition) is 6. The zero-order chi connectivity index (χ0) is 45.1. The first-order chi connectivity index (χ1) is 30.5. The van der Waals surface area contributed by atoms with Gasteiger partial charge in [0.15, 0.2) is 6.10 Å². The van der Waals surface area contributed by atoms with Crippen molar-refractivity contribution < 1.29 is 28.6 Å². The number of carbonyl (C=O) groups excluding carboxylic acids is 3. The average molecular weight is 863 g/mol. The molecule has 0 aromatic carbocycles. The zero-order valence-corrected chi connectivity index (χ0v) is 40.4. The summed E-state index contributed by atoms with van der Waals surface area (Å²) in [5.41, 5.74) is 0. The third-order valence-electron chi connectivity index (χ3n) is 10.7. The highest BCUT2D eigenvalue weighted by molar-refractivity contribution is 5.71. The summed E-state index contributed by atoms with van der Waals surface area (Å²) >= 11 is 0. The predicted molar refractivity (Wildman–Crippen MR) is 265 cm³/mol. The topological polar surface area (TPSA) is 78.9 Å². The molecule has 0 aliphatic rings. The number of hydrogen-bond donors (Lipinski definition) is 0. The summed E-state index contributed by atoms with van der Waals surface area (Å²) in [5, 5.41) is 0. The van der Waals surface area contributed by atoms with E-state index in [1.165, 1.54) is 89.9 Å². The summed E-state index contributed by atoms with van der Waals surface area (Å²) in [7, 11) is 0. The van der Waals surface area contributed by atoms with Crippen molar-refractivity contribution in [2.45, 2.75) is 239 Å². The Hall–Kier alpha value is -3.41. The molecule has 0 spiro atoms. The van der Waals surface area contributed by atoms with Gasteiger partial charge in [-0.3, -0.25) is 14.4 Å².